The van der Waals surface area contributed by atoms with Crippen LogP contribution in [0.4, 0.5) is 10.5 Å². The summed E-state index contributed by atoms with van der Waals surface area (Å²) >= 11 is 1.61. The maximum Gasteiger partial charge on any atom is 0.322 e. The van der Waals surface area contributed by atoms with Crippen LogP contribution in [0.2, 0.25) is 0 Å². The highest BCUT2D eigenvalue weighted by molar-refractivity contribution is 7.09. The number of carbonyl (C=O) groups excluding carboxylic acids is 1. The number of aryl methyl sites for hydroxylation is 2. The lowest BCUT2D eigenvalue weighted by Crippen LogP contribution is -2.34. The maximum absolute atomic E-state index is 12.9. The first-order chi connectivity index (χ1) is 12.2. The van der Waals surface area contributed by atoms with Gasteiger partial charge in [0.2, 0.25) is 0 Å². The Balaban J connectivity index is 1.62. The van der Waals surface area contributed by atoms with E-state index in [4.69, 9.17) is 4.42 Å². The Morgan fingerprint density at radius 3 is 3.12 bits per heavy atom. The number of hydrogen-bond donors (Lipinski definition) is 1. The van der Waals surface area contributed by atoms with E-state index >= 15 is 0 Å². The van der Waals surface area contributed by atoms with Gasteiger partial charge in [-0.25, -0.2) is 9.78 Å². The van der Waals surface area contributed by atoms with Gasteiger partial charge in [0.15, 0.2) is 5.58 Å². The molecule has 2 aromatic heterocycles. The van der Waals surface area contributed by atoms with Crippen LogP contribution in [0.15, 0.2) is 34.2 Å². The molecule has 1 aromatic carbocycles. The smallest absolute Gasteiger partial charge is 0.322 e. The molecule has 0 bridgehead atoms. The Morgan fingerprint density at radius 2 is 2.36 bits per heavy atom. The van der Waals surface area contributed by atoms with Crippen LogP contribution in [0, 0.1) is 6.92 Å². The molecule has 1 aliphatic rings. The van der Waals surface area contributed by atoms with E-state index in [9.17, 15) is 4.79 Å². The zero-order chi connectivity index (χ0) is 17.4. The van der Waals surface area contributed by atoms with Crippen molar-refractivity contribution < 1.29 is 9.21 Å². The van der Waals surface area contributed by atoms with E-state index in [2.05, 4.69) is 24.1 Å². The summed E-state index contributed by atoms with van der Waals surface area (Å²) in [6.07, 6.45) is 4.60. The largest absolute Gasteiger partial charge is 0.459 e. The van der Waals surface area contributed by atoms with Crippen molar-refractivity contribution in [3.63, 3.8) is 0 Å². The highest BCUT2D eigenvalue weighted by Crippen LogP contribution is 2.35. The fraction of sp³-hybridized carbons (Fsp3) is 0.368. The van der Waals surface area contributed by atoms with Gasteiger partial charge in [0, 0.05) is 29.9 Å². The molecule has 130 valence electrons. The first kappa shape index (κ1) is 16.1. The van der Waals surface area contributed by atoms with Crippen LogP contribution in [0.1, 0.15) is 42.1 Å². The van der Waals surface area contributed by atoms with E-state index in [1.54, 1.807) is 17.5 Å². The molecule has 1 aliphatic heterocycles. The topological polar surface area (TPSA) is 58.4 Å². The molecule has 5 nitrogen and oxygen atoms in total. The molecular weight excluding hydrogens is 334 g/mol. The molecule has 4 rings (SSSR count). The average Bonchev–Trinajstić information content (AvgIpc) is 3.35. The van der Waals surface area contributed by atoms with Crippen LogP contribution in [0.25, 0.3) is 11.0 Å². The minimum atomic E-state index is -0.0858. The first-order valence-corrected chi connectivity index (χ1v) is 9.55. The number of rotatable bonds is 3. The van der Waals surface area contributed by atoms with Gasteiger partial charge in [-0.2, -0.15) is 0 Å². The van der Waals surface area contributed by atoms with Crippen molar-refractivity contribution in [1.82, 2.24) is 9.88 Å². The van der Waals surface area contributed by atoms with Crippen LogP contribution < -0.4 is 5.32 Å². The second kappa shape index (κ2) is 6.52. The van der Waals surface area contributed by atoms with Gasteiger partial charge in [-0.15, -0.1) is 11.3 Å². The SMILES string of the molecule is CCc1oc2c(NC(=O)N3CCC[C@@H]3c3nccs3)cccc2c1C. The van der Waals surface area contributed by atoms with Gasteiger partial charge >= 0.3 is 6.03 Å². The lowest BCUT2D eigenvalue weighted by Gasteiger charge is -2.23. The van der Waals surface area contributed by atoms with E-state index in [1.807, 2.05) is 28.5 Å². The zero-order valence-corrected chi connectivity index (χ0v) is 15.2. The fourth-order valence-corrected chi connectivity index (χ4v) is 4.37. The highest BCUT2D eigenvalue weighted by Gasteiger charge is 2.32. The number of fused-ring (bicyclic) bond motifs is 1. The van der Waals surface area contributed by atoms with Crippen LogP contribution >= 0.6 is 11.3 Å². The molecule has 0 radical (unpaired) electrons. The quantitative estimate of drug-likeness (QED) is 0.708. The van der Waals surface area contributed by atoms with Gasteiger partial charge in [-0.3, -0.25) is 0 Å². The first-order valence-electron chi connectivity index (χ1n) is 8.67. The summed E-state index contributed by atoms with van der Waals surface area (Å²) in [7, 11) is 0. The third-order valence-electron chi connectivity index (χ3n) is 4.88. The van der Waals surface area contributed by atoms with E-state index in [0.717, 1.165) is 58.8 Å². The van der Waals surface area contributed by atoms with Gasteiger partial charge < -0.3 is 14.6 Å². The molecular formula is C19H21N3O2S. The molecule has 2 amide bonds. The Hall–Kier alpha value is -2.34. The summed E-state index contributed by atoms with van der Waals surface area (Å²) in [6.45, 7) is 4.89. The number of benzene rings is 1. The standard InChI is InChI=1S/C19H21N3O2S/c1-3-16-12(2)13-6-4-7-14(17(13)24-16)21-19(23)22-10-5-8-15(22)18-20-9-11-25-18/h4,6-7,9,11,15H,3,5,8,10H2,1-2H3,(H,21,23)/t15-/m1/s1. The Morgan fingerprint density at radius 1 is 1.48 bits per heavy atom. The maximum atomic E-state index is 12.9. The number of amides is 2. The average molecular weight is 355 g/mol. The molecule has 1 fully saturated rings. The molecule has 1 saturated heterocycles. The third-order valence-corrected chi connectivity index (χ3v) is 5.75. The van der Waals surface area contributed by atoms with Gasteiger partial charge in [-0.1, -0.05) is 19.1 Å². The van der Waals surface area contributed by atoms with Crippen LogP contribution in [0.5, 0.6) is 0 Å². The third kappa shape index (κ3) is 2.80. The van der Waals surface area contributed by atoms with E-state index in [1.165, 1.54) is 0 Å². The predicted molar refractivity (Wildman–Crippen MR) is 100 cm³/mol. The Kier molecular flexibility index (Phi) is 4.21. The molecule has 1 N–H and O–H groups in total. The lowest BCUT2D eigenvalue weighted by molar-refractivity contribution is 0.207. The number of likely N-dealkylation sites (tertiary alicyclic amines) is 1. The van der Waals surface area contributed by atoms with Crippen molar-refractivity contribution in [2.75, 3.05) is 11.9 Å². The number of nitrogens with one attached hydrogen (secondary N) is 1. The predicted octanol–water partition coefficient (Wildman–Crippen LogP) is 5.13. The molecule has 6 heteroatoms. The number of para-hydroxylation sites is 1. The van der Waals surface area contributed by atoms with Crippen LogP contribution in [-0.2, 0) is 6.42 Å². The second-order valence-corrected chi connectivity index (χ2v) is 7.26. The Labute approximate surface area is 150 Å². The van der Waals surface area contributed by atoms with Crippen molar-refractivity contribution in [2.24, 2.45) is 0 Å². The van der Waals surface area contributed by atoms with Crippen LogP contribution in [-0.4, -0.2) is 22.5 Å². The van der Waals surface area contributed by atoms with Crippen molar-refractivity contribution in [2.45, 2.75) is 39.2 Å². The number of carbonyl (C=O) groups is 1. The molecule has 1 atom stereocenters. The number of urea groups is 1. The van der Waals surface area contributed by atoms with Gasteiger partial charge in [0.1, 0.15) is 10.8 Å². The lowest BCUT2D eigenvalue weighted by atomic mass is 10.1. The summed E-state index contributed by atoms with van der Waals surface area (Å²) in [5.74, 6) is 0.971. The molecule has 0 aliphatic carbocycles. The summed E-state index contributed by atoms with van der Waals surface area (Å²) in [5, 5.41) is 7.08. The van der Waals surface area contributed by atoms with E-state index in [-0.39, 0.29) is 12.1 Å². The molecule has 0 unspecified atom stereocenters. The summed E-state index contributed by atoms with van der Waals surface area (Å²) in [6, 6.07) is 5.89. The van der Waals surface area contributed by atoms with Crippen molar-refractivity contribution in [3.8, 4) is 0 Å². The van der Waals surface area contributed by atoms with Crippen molar-refractivity contribution >= 4 is 34.0 Å². The van der Waals surface area contributed by atoms with E-state index < -0.39 is 0 Å². The van der Waals surface area contributed by atoms with Gasteiger partial charge in [0.05, 0.1) is 11.7 Å². The highest BCUT2D eigenvalue weighted by atomic mass is 32.1. The molecule has 25 heavy (non-hydrogen) atoms. The zero-order valence-electron chi connectivity index (χ0n) is 14.4. The monoisotopic (exact) mass is 355 g/mol. The van der Waals surface area contributed by atoms with Gasteiger partial charge in [0.25, 0.3) is 0 Å². The van der Waals surface area contributed by atoms with E-state index in [0.29, 0.717) is 0 Å². The molecule has 3 heterocycles. The minimum absolute atomic E-state index is 0.0729. The normalized spacial score (nSPS) is 17.4. The number of furan rings is 1. The second-order valence-electron chi connectivity index (χ2n) is 6.34. The molecule has 0 saturated carbocycles. The fourth-order valence-electron chi connectivity index (χ4n) is 3.58. The summed E-state index contributed by atoms with van der Waals surface area (Å²) in [5.41, 5.74) is 2.64. The Bertz CT molecular complexity index is 901. The number of aromatic nitrogens is 1. The van der Waals surface area contributed by atoms with Gasteiger partial charge in [-0.05, 0) is 31.4 Å². The van der Waals surface area contributed by atoms with Crippen molar-refractivity contribution in [3.05, 3.63) is 46.1 Å². The summed E-state index contributed by atoms with van der Waals surface area (Å²) in [4.78, 5) is 19.2. The molecule has 3 aromatic rings. The van der Waals surface area contributed by atoms with Crippen molar-refractivity contribution in [1.29, 1.82) is 0 Å². The number of thiazole rings is 1. The minimum Gasteiger partial charge on any atom is -0.459 e. The number of anilines is 1. The number of hydrogen-bond acceptors (Lipinski definition) is 4. The molecule has 0 spiro atoms. The summed E-state index contributed by atoms with van der Waals surface area (Å²) < 4.78 is 6.00. The number of nitrogens with zero attached hydrogens (tertiary/aromatic N) is 2. The van der Waals surface area contributed by atoms with Crippen LogP contribution in [0.3, 0.4) is 0 Å².